The molecule has 0 saturated carbocycles. The highest BCUT2D eigenvalue weighted by molar-refractivity contribution is 5.54. The Morgan fingerprint density at radius 2 is 1.86 bits per heavy atom. The first kappa shape index (κ1) is 17.2. The van der Waals surface area contributed by atoms with Crippen molar-refractivity contribution in [3.8, 4) is 5.75 Å². The van der Waals surface area contributed by atoms with Gasteiger partial charge in [0.25, 0.3) is 0 Å². The third-order valence-corrected chi connectivity index (χ3v) is 3.40. The first-order valence-electron chi connectivity index (χ1n) is 7.11. The molecular formula is C18H24O3. The molecular weight excluding hydrogens is 264 g/mol. The summed E-state index contributed by atoms with van der Waals surface area (Å²) < 4.78 is 11.1. The van der Waals surface area contributed by atoms with E-state index in [9.17, 15) is 4.79 Å². The molecule has 0 aromatic heterocycles. The molecule has 0 unspecified atom stereocenters. The van der Waals surface area contributed by atoms with E-state index in [0.29, 0.717) is 6.61 Å². The monoisotopic (exact) mass is 288 g/mol. The van der Waals surface area contributed by atoms with Crippen LogP contribution in [0.25, 0.3) is 0 Å². The van der Waals surface area contributed by atoms with Gasteiger partial charge in [0.1, 0.15) is 12.0 Å². The van der Waals surface area contributed by atoms with Gasteiger partial charge in [-0.1, -0.05) is 50.8 Å². The van der Waals surface area contributed by atoms with Crippen molar-refractivity contribution in [2.45, 2.75) is 26.6 Å². The fourth-order valence-electron chi connectivity index (χ4n) is 2.14. The Kier molecular flexibility index (Phi) is 7.48. The number of carbonyl (C=O) groups is 1. The van der Waals surface area contributed by atoms with Gasteiger partial charge < -0.3 is 14.3 Å². The van der Waals surface area contributed by atoms with E-state index in [1.165, 1.54) is 0 Å². The van der Waals surface area contributed by atoms with Crippen molar-refractivity contribution < 1.29 is 14.3 Å². The van der Waals surface area contributed by atoms with Gasteiger partial charge in [-0.15, -0.1) is 0 Å². The Balaban J connectivity index is 2.69. The Bertz CT molecular complexity index is 462. The van der Waals surface area contributed by atoms with Crippen LogP contribution in [-0.2, 0) is 16.1 Å². The highest BCUT2D eigenvalue weighted by Gasteiger charge is 2.22. The Labute approximate surface area is 127 Å². The molecule has 3 heteroatoms. The minimum Gasteiger partial charge on any atom is -0.497 e. The lowest BCUT2D eigenvalue weighted by Gasteiger charge is -2.25. The molecule has 0 bridgehead atoms. The number of carbonyl (C=O) groups excluding carboxylic acids is 1. The molecule has 0 spiro atoms. The number of rotatable bonds is 9. The summed E-state index contributed by atoms with van der Waals surface area (Å²) in [5.74, 6) is 0.799. The molecule has 0 fully saturated rings. The maximum Gasteiger partial charge on any atom is 0.125 e. The van der Waals surface area contributed by atoms with Crippen LogP contribution in [0.3, 0.4) is 0 Å². The van der Waals surface area contributed by atoms with Crippen molar-refractivity contribution in [3.63, 3.8) is 0 Å². The average molecular weight is 288 g/mol. The summed E-state index contributed by atoms with van der Waals surface area (Å²) >= 11 is 0. The van der Waals surface area contributed by atoms with Gasteiger partial charge in [0, 0.05) is 11.8 Å². The topological polar surface area (TPSA) is 35.5 Å². The van der Waals surface area contributed by atoms with Gasteiger partial charge in [-0.3, -0.25) is 0 Å². The minimum absolute atomic E-state index is 0.140. The molecule has 0 N–H and O–H groups in total. The largest absolute Gasteiger partial charge is 0.497 e. The van der Waals surface area contributed by atoms with Crippen LogP contribution in [0.5, 0.6) is 5.75 Å². The van der Waals surface area contributed by atoms with Crippen molar-refractivity contribution in [1.82, 2.24) is 0 Å². The van der Waals surface area contributed by atoms with Gasteiger partial charge in [0.2, 0.25) is 0 Å². The Morgan fingerprint density at radius 3 is 2.38 bits per heavy atom. The number of hydrogen-bond donors (Lipinski definition) is 0. The molecule has 114 valence electrons. The van der Waals surface area contributed by atoms with Gasteiger partial charge in [0.05, 0.1) is 19.8 Å². The van der Waals surface area contributed by atoms with Crippen LogP contribution in [0.15, 0.2) is 49.1 Å². The Hall–Kier alpha value is -1.87. The van der Waals surface area contributed by atoms with Crippen molar-refractivity contribution in [2.24, 2.45) is 11.8 Å². The Morgan fingerprint density at radius 1 is 1.19 bits per heavy atom. The summed E-state index contributed by atoms with van der Waals surface area (Å²) in [7, 11) is 1.64. The van der Waals surface area contributed by atoms with Gasteiger partial charge >= 0.3 is 0 Å². The number of benzene rings is 1. The first-order valence-corrected chi connectivity index (χ1v) is 7.11. The standard InChI is InChI=1S/C18H24O3/c1-5-6-7-14(2)18(15(3)12-19)21-13-16-8-10-17(20-4)11-9-16/h5-12,14-15,18H,1,13H2,2-4H3/b7-6-/t14-,15+,18-/m0/s1. The predicted molar refractivity (Wildman–Crippen MR) is 85.3 cm³/mol. The van der Waals surface area contributed by atoms with Crippen LogP contribution in [0.1, 0.15) is 19.4 Å². The minimum atomic E-state index is -0.160. The van der Waals surface area contributed by atoms with Gasteiger partial charge in [-0.2, -0.15) is 0 Å². The molecule has 0 heterocycles. The fourth-order valence-corrected chi connectivity index (χ4v) is 2.14. The van der Waals surface area contributed by atoms with Crippen LogP contribution < -0.4 is 4.74 Å². The smallest absolute Gasteiger partial charge is 0.125 e. The van der Waals surface area contributed by atoms with E-state index in [0.717, 1.165) is 17.6 Å². The van der Waals surface area contributed by atoms with E-state index in [2.05, 4.69) is 6.58 Å². The first-order chi connectivity index (χ1) is 10.1. The molecule has 1 aromatic carbocycles. The number of methoxy groups -OCH3 is 1. The van der Waals surface area contributed by atoms with Crippen LogP contribution in [0.4, 0.5) is 0 Å². The van der Waals surface area contributed by atoms with Crippen molar-refractivity contribution in [1.29, 1.82) is 0 Å². The van der Waals surface area contributed by atoms with Crippen LogP contribution in [-0.4, -0.2) is 19.5 Å². The third-order valence-electron chi connectivity index (χ3n) is 3.40. The van der Waals surface area contributed by atoms with E-state index in [1.807, 2.05) is 50.3 Å². The fraction of sp³-hybridized carbons (Fsp3) is 0.389. The molecule has 0 aliphatic carbocycles. The lowest BCUT2D eigenvalue weighted by Crippen LogP contribution is -2.29. The molecule has 0 aliphatic rings. The third kappa shape index (κ3) is 5.56. The summed E-state index contributed by atoms with van der Waals surface area (Å²) in [6, 6.07) is 7.73. The maximum absolute atomic E-state index is 11.1. The van der Waals surface area contributed by atoms with E-state index >= 15 is 0 Å². The van der Waals surface area contributed by atoms with Crippen LogP contribution >= 0.6 is 0 Å². The molecule has 0 aliphatic heterocycles. The summed E-state index contributed by atoms with van der Waals surface area (Å²) in [5.41, 5.74) is 1.05. The highest BCUT2D eigenvalue weighted by atomic mass is 16.5. The van der Waals surface area contributed by atoms with Crippen molar-refractivity contribution in [2.75, 3.05) is 7.11 Å². The number of ether oxygens (including phenoxy) is 2. The van der Waals surface area contributed by atoms with E-state index in [-0.39, 0.29) is 17.9 Å². The van der Waals surface area contributed by atoms with Gasteiger partial charge in [0.15, 0.2) is 0 Å². The maximum atomic E-state index is 11.1. The molecule has 1 aromatic rings. The van der Waals surface area contributed by atoms with E-state index < -0.39 is 0 Å². The summed E-state index contributed by atoms with van der Waals surface area (Å²) in [5, 5.41) is 0. The molecule has 0 amide bonds. The second-order valence-corrected chi connectivity index (χ2v) is 5.10. The van der Waals surface area contributed by atoms with Crippen LogP contribution in [0, 0.1) is 11.8 Å². The SMILES string of the molecule is C=C/C=C\[C@H](C)[C@H](OCc1ccc(OC)cc1)[C@H](C)C=O. The lowest BCUT2D eigenvalue weighted by atomic mass is 9.93. The molecule has 0 radical (unpaired) electrons. The second kappa shape index (κ2) is 9.14. The molecule has 21 heavy (non-hydrogen) atoms. The number of aldehydes is 1. The normalized spacial score (nSPS) is 15.4. The highest BCUT2D eigenvalue weighted by Crippen LogP contribution is 2.20. The van der Waals surface area contributed by atoms with Gasteiger partial charge in [-0.25, -0.2) is 0 Å². The van der Waals surface area contributed by atoms with Crippen molar-refractivity contribution >= 4 is 6.29 Å². The number of allylic oxidation sites excluding steroid dienone is 2. The quantitative estimate of drug-likeness (QED) is 0.512. The molecule has 1 rings (SSSR count). The van der Waals surface area contributed by atoms with E-state index in [4.69, 9.17) is 9.47 Å². The molecule has 0 saturated heterocycles. The van der Waals surface area contributed by atoms with Crippen molar-refractivity contribution in [3.05, 3.63) is 54.6 Å². The summed E-state index contributed by atoms with van der Waals surface area (Å²) in [6.45, 7) is 8.05. The zero-order chi connectivity index (χ0) is 15.7. The molecule has 3 nitrogen and oxygen atoms in total. The second-order valence-electron chi connectivity index (χ2n) is 5.10. The zero-order valence-electron chi connectivity index (χ0n) is 13.0. The lowest BCUT2D eigenvalue weighted by molar-refractivity contribution is -0.117. The molecule has 3 atom stereocenters. The van der Waals surface area contributed by atoms with E-state index in [1.54, 1.807) is 13.2 Å². The zero-order valence-corrected chi connectivity index (χ0v) is 13.0. The van der Waals surface area contributed by atoms with Crippen LogP contribution in [0.2, 0.25) is 0 Å². The average Bonchev–Trinajstić information content (AvgIpc) is 2.53. The summed E-state index contributed by atoms with van der Waals surface area (Å²) in [6.07, 6.45) is 6.40. The predicted octanol–water partition coefficient (Wildman–Crippen LogP) is 3.79. The summed E-state index contributed by atoms with van der Waals surface area (Å²) in [4.78, 5) is 11.1. The number of hydrogen-bond acceptors (Lipinski definition) is 3. The van der Waals surface area contributed by atoms with Gasteiger partial charge in [-0.05, 0) is 17.7 Å².